The molecule has 5 rings (SSSR count). The van der Waals surface area contributed by atoms with Crippen LogP contribution < -0.4 is 5.32 Å². The highest BCUT2D eigenvalue weighted by Gasteiger charge is 2.33. The molecule has 1 N–H and O–H groups in total. The second kappa shape index (κ2) is 4.96. The molecule has 2 atom stereocenters. The van der Waals surface area contributed by atoms with Gasteiger partial charge in [0.1, 0.15) is 0 Å². The molecule has 1 saturated heterocycles. The van der Waals surface area contributed by atoms with Gasteiger partial charge in [0.25, 0.3) is 0 Å². The van der Waals surface area contributed by atoms with Gasteiger partial charge in [0.2, 0.25) is 5.91 Å². The molecular formula is C19H21N3O. The Labute approximate surface area is 135 Å². The molecule has 1 aromatic carbocycles. The van der Waals surface area contributed by atoms with E-state index in [2.05, 4.69) is 46.4 Å². The van der Waals surface area contributed by atoms with Crippen molar-refractivity contribution >= 4 is 22.4 Å². The molecule has 4 nitrogen and oxygen atoms in total. The van der Waals surface area contributed by atoms with Gasteiger partial charge in [0, 0.05) is 43.3 Å². The van der Waals surface area contributed by atoms with E-state index in [-0.39, 0.29) is 5.92 Å². The van der Waals surface area contributed by atoms with Crippen molar-refractivity contribution in [2.24, 2.45) is 5.92 Å². The van der Waals surface area contributed by atoms with Gasteiger partial charge >= 0.3 is 0 Å². The molecule has 4 heterocycles. The zero-order valence-electron chi connectivity index (χ0n) is 13.2. The van der Waals surface area contributed by atoms with E-state index in [0.29, 0.717) is 11.9 Å². The summed E-state index contributed by atoms with van der Waals surface area (Å²) in [4.78, 5) is 14.8. The van der Waals surface area contributed by atoms with Crippen LogP contribution in [-0.2, 0) is 11.3 Å². The number of hydrogen-bond donors (Lipinski definition) is 1. The Morgan fingerprint density at radius 1 is 1.17 bits per heavy atom. The molecule has 23 heavy (non-hydrogen) atoms. The molecule has 1 aromatic heterocycles. The zero-order valence-corrected chi connectivity index (χ0v) is 13.2. The van der Waals surface area contributed by atoms with Crippen LogP contribution >= 0.6 is 0 Å². The first-order valence-corrected chi connectivity index (χ1v) is 8.63. The Morgan fingerprint density at radius 3 is 2.91 bits per heavy atom. The van der Waals surface area contributed by atoms with Gasteiger partial charge in [-0.15, -0.1) is 0 Å². The van der Waals surface area contributed by atoms with Crippen molar-refractivity contribution in [2.45, 2.75) is 25.4 Å². The van der Waals surface area contributed by atoms with Gasteiger partial charge < -0.3 is 14.8 Å². The third kappa shape index (κ3) is 1.98. The minimum atomic E-state index is -0.0175. The minimum absolute atomic E-state index is 0.0175. The standard InChI is InChI=1S/C19H21N3O/c23-19(21-7-1-2-8-21)14-10-16-15-5-3-4-13-6-9-22(18(13)15)12-17(16)20-11-14/h3-6,9-10,14,17,20H,1-2,7-8,11-12H2. The van der Waals surface area contributed by atoms with Gasteiger partial charge in [-0.05, 0) is 24.5 Å². The van der Waals surface area contributed by atoms with Crippen molar-refractivity contribution < 1.29 is 4.79 Å². The molecule has 2 unspecified atom stereocenters. The molecule has 0 bridgehead atoms. The number of likely N-dealkylation sites (tertiary alicyclic amines) is 1. The third-order valence-electron chi connectivity index (χ3n) is 5.55. The molecule has 0 radical (unpaired) electrons. The van der Waals surface area contributed by atoms with E-state index >= 15 is 0 Å². The second-order valence-electron chi connectivity index (χ2n) is 6.93. The van der Waals surface area contributed by atoms with Crippen LogP contribution in [0.15, 0.2) is 36.5 Å². The Kier molecular flexibility index (Phi) is 2.89. The maximum absolute atomic E-state index is 12.7. The van der Waals surface area contributed by atoms with Crippen molar-refractivity contribution in [2.75, 3.05) is 19.6 Å². The van der Waals surface area contributed by atoms with Gasteiger partial charge in [-0.25, -0.2) is 0 Å². The highest BCUT2D eigenvalue weighted by Crippen LogP contribution is 2.36. The highest BCUT2D eigenvalue weighted by molar-refractivity contribution is 5.96. The molecule has 1 amide bonds. The molecular weight excluding hydrogens is 286 g/mol. The lowest BCUT2D eigenvalue weighted by molar-refractivity contribution is -0.132. The Bertz CT molecular complexity index is 813. The maximum Gasteiger partial charge on any atom is 0.230 e. The summed E-state index contributed by atoms with van der Waals surface area (Å²) in [5, 5.41) is 4.90. The summed E-state index contributed by atoms with van der Waals surface area (Å²) >= 11 is 0. The van der Waals surface area contributed by atoms with E-state index in [9.17, 15) is 4.79 Å². The van der Waals surface area contributed by atoms with Gasteiger partial charge in [-0.2, -0.15) is 0 Å². The number of para-hydroxylation sites is 1. The Morgan fingerprint density at radius 2 is 2.04 bits per heavy atom. The van der Waals surface area contributed by atoms with Crippen LogP contribution in [0.5, 0.6) is 0 Å². The zero-order chi connectivity index (χ0) is 15.4. The van der Waals surface area contributed by atoms with Crippen LogP contribution in [0.25, 0.3) is 16.5 Å². The SMILES string of the molecule is O=C(C1C=C2c3cccc4ccn(c34)CC2NC1)N1CCCC1. The summed E-state index contributed by atoms with van der Waals surface area (Å²) in [7, 11) is 0. The molecule has 0 spiro atoms. The summed E-state index contributed by atoms with van der Waals surface area (Å²) in [5.74, 6) is 0.283. The van der Waals surface area contributed by atoms with E-state index in [0.717, 1.165) is 39.0 Å². The van der Waals surface area contributed by atoms with Crippen LogP contribution in [0.4, 0.5) is 0 Å². The number of fused-ring (bicyclic) bond motifs is 2. The number of carbonyl (C=O) groups is 1. The summed E-state index contributed by atoms with van der Waals surface area (Å²) in [6.45, 7) is 3.58. The number of benzene rings is 1. The number of amides is 1. The van der Waals surface area contributed by atoms with Crippen LogP contribution in [0, 0.1) is 5.92 Å². The summed E-state index contributed by atoms with van der Waals surface area (Å²) < 4.78 is 2.34. The second-order valence-corrected chi connectivity index (χ2v) is 6.93. The van der Waals surface area contributed by atoms with Gasteiger partial charge in [-0.1, -0.05) is 24.3 Å². The quantitative estimate of drug-likeness (QED) is 0.877. The Hall–Kier alpha value is -2.07. The first-order chi connectivity index (χ1) is 11.3. The van der Waals surface area contributed by atoms with Crippen molar-refractivity contribution in [1.29, 1.82) is 0 Å². The molecule has 1 fully saturated rings. The number of nitrogens with one attached hydrogen (secondary N) is 1. The molecule has 118 valence electrons. The lowest BCUT2D eigenvalue weighted by Crippen LogP contribution is -2.47. The fourth-order valence-electron chi connectivity index (χ4n) is 4.39. The fraction of sp³-hybridized carbons (Fsp3) is 0.421. The van der Waals surface area contributed by atoms with E-state index in [1.807, 2.05) is 4.90 Å². The van der Waals surface area contributed by atoms with E-state index < -0.39 is 0 Å². The summed E-state index contributed by atoms with van der Waals surface area (Å²) in [6.07, 6.45) is 6.72. The third-order valence-corrected chi connectivity index (χ3v) is 5.55. The van der Waals surface area contributed by atoms with Crippen molar-refractivity contribution in [3.05, 3.63) is 42.1 Å². The van der Waals surface area contributed by atoms with Crippen LogP contribution in [-0.4, -0.2) is 41.1 Å². The smallest absolute Gasteiger partial charge is 0.230 e. The van der Waals surface area contributed by atoms with E-state index in [1.165, 1.54) is 22.0 Å². The van der Waals surface area contributed by atoms with Crippen LogP contribution in [0.1, 0.15) is 18.4 Å². The van der Waals surface area contributed by atoms with Gasteiger partial charge in [0.15, 0.2) is 0 Å². The number of rotatable bonds is 1. The van der Waals surface area contributed by atoms with Gasteiger partial charge in [-0.3, -0.25) is 4.79 Å². The normalized spacial score (nSPS) is 26.3. The summed E-state index contributed by atoms with van der Waals surface area (Å²) in [6, 6.07) is 8.99. The lowest BCUT2D eigenvalue weighted by Gasteiger charge is -2.35. The lowest BCUT2D eigenvalue weighted by atomic mass is 9.86. The minimum Gasteiger partial charge on any atom is -0.345 e. The van der Waals surface area contributed by atoms with Gasteiger partial charge in [0.05, 0.1) is 17.5 Å². The largest absolute Gasteiger partial charge is 0.345 e. The predicted octanol–water partition coefficient (Wildman–Crippen LogP) is 2.25. The van der Waals surface area contributed by atoms with E-state index in [1.54, 1.807) is 0 Å². The first-order valence-electron chi connectivity index (χ1n) is 8.63. The average molecular weight is 307 g/mol. The topological polar surface area (TPSA) is 37.3 Å². The number of nitrogens with zero attached hydrogens (tertiary/aromatic N) is 2. The average Bonchev–Trinajstić information content (AvgIpc) is 3.25. The Balaban J connectivity index is 1.56. The molecule has 3 aliphatic heterocycles. The van der Waals surface area contributed by atoms with Crippen LogP contribution in [0.3, 0.4) is 0 Å². The summed E-state index contributed by atoms with van der Waals surface area (Å²) in [5.41, 5.74) is 3.91. The van der Waals surface area contributed by atoms with Crippen molar-refractivity contribution in [1.82, 2.24) is 14.8 Å². The predicted molar refractivity (Wildman–Crippen MR) is 91.0 cm³/mol. The van der Waals surface area contributed by atoms with Crippen molar-refractivity contribution in [3.63, 3.8) is 0 Å². The molecule has 2 aromatic rings. The first kappa shape index (κ1) is 13.4. The highest BCUT2D eigenvalue weighted by atomic mass is 16.2. The number of hydrogen-bond acceptors (Lipinski definition) is 2. The number of carbonyl (C=O) groups excluding carboxylic acids is 1. The molecule has 0 saturated carbocycles. The van der Waals surface area contributed by atoms with Crippen molar-refractivity contribution in [3.8, 4) is 0 Å². The molecule has 3 aliphatic rings. The monoisotopic (exact) mass is 307 g/mol. The molecule has 0 aliphatic carbocycles. The maximum atomic E-state index is 12.7. The van der Waals surface area contributed by atoms with Crippen LogP contribution in [0.2, 0.25) is 0 Å². The molecule has 4 heteroatoms. The van der Waals surface area contributed by atoms with E-state index in [4.69, 9.17) is 0 Å². The fourth-order valence-corrected chi connectivity index (χ4v) is 4.39. The number of aromatic nitrogens is 1.